The first-order chi connectivity index (χ1) is 15.1. The van der Waals surface area contributed by atoms with Crippen LogP contribution in [-0.2, 0) is 21.4 Å². The lowest BCUT2D eigenvalue weighted by Crippen LogP contribution is -2.38. The molecule has 2 aromatic carbocycles. The predicted molar refractivity (Wildman–Crippen MR) is 131 cm³/mol. The van der Waals surface area contributed by atoms with Crippen LogP contribution in [0.5, 0.6) is 0 Å². The molecule has 0 bridgehead atoms. The Labute approximate surface area is 196 Å². The van der Waals surface area contributed by atoms with E-state index >= 15 is 0 Å². The molecule has 1 fully saturated rings. The van der Waals surface area contributed by atoms with Gasteiger partial charge in [-0.05, 0) is 68.1 Å². The number of carbonyl (C=O) groups is 1. The first-order valence-corrected chi connectivity index (χ1v) is 12.8. The molecule has 0 spiro atoms. The van der Waals surface area contributed by atoms with E-state index in [1.165, 1.54) is 10.4 Å². The van der Waals surface area contributed by atoms with Gasteiger partial charge in [0, 0.05) is 49.0 Å². The maximum atomic E-state index is 13.6. The normalized spacial score (nSPS) is 15.3. The van der Waals surface area contributed by atoms with Gasteiger partial charge in [-0.15, -0.1) is 0 Å². The van der Waals surface area contributed by atoms with E-state index in [1.54, 1.807) is 18.2 Å². The largest absolute Gasteiger partial charge is 0.377 e. The van der Waals surface area contributed by atoms with Crippen molar-refractivity contribution in [2.75, 3.05) is 24.3 Å². The fourth-order valence-electron chi connectivity index (χ4n) is 3.75. The number of anilines is 2. The third-order valence-corrected chi connectivity index (χ3v) is 8.31. The van der Waals surface area contributed by atoms with E-state index in [1.807, 2.05) is 51.0 Å². The first kappa shape index (κ1) is 24.6. The Morgan fingerprint density at radius 3 is 2.47 bits per heavy atom. The molecule has 3 rings (SSSR count). The van der Waals surface area contributed by atoms with Crippen molar-refractivity contribution >= 4 is 38.9 Å². The van der Waals surface area contributed by atoms with Crippen LogP contribution in [0.25, 0.3) is 0 Å². The zero-order valence-electron chi connectivity index (χ0n) is 19.1. The summed E-state index contributed by atoms with van der Waals surface area (Å²) in [6, 6.07) is 11.8. The lowest BCUT2D eigenvalue weighted by atomic mass is 9.85. The van der Waals surface area contributed by atoms with E-state index in [4.69, 9.17) is 11.6 Å². The van der Waals surface area contributed by atoms with Crippen LogP contribution in [0, 0.1) is 5.92 Å². The number of nitrogens with one attached hydrogen (secondary N) is 1. The second-order valence-electron chi connectivity index (χ2n) is 8.62. The molecule has 1 atom stereocenters. The average molecular weight is 478 g/mol. The van der Waals surface area contributed by atoms with E-state index in [9.17, 15) is 13.2 Å². The van der Waals surface area contributed by atoms with Crippen LogP contribution >= 0.6 is 11.6 Å². The molecule has 1 aliphatic carbocycles. The molecule has 0 aromatic heterocycles. The molecule has 0 radical (unpaired) electrons. The second-order valence-corrected chi connectivity index (χ2v) is 10.9. The number of carbonyl (C=O) groups excluding carboxylic acids is 1. The van der Waals surface area contributed by atoms with Crippen LogP contribution in [0.4, 0.5) is 11.4 Å². The Morgan fingerprint density at radius 2 is 1.91 bits per heavy atom. The zero-order chi connectivity index (χ0) is 23.5. The van der Waals surface area contributed by atoms with Crippen LogP contribution in [-0.4, -0.2) is 38.8 Å². The maximum absolute atomic E-state index is 13.6. The van der Waals surface area contributed by atoms with Gasteiger partial charge in [0.25, 0.3) is 0 Å². The highest BCUT2D eigenvalue weighted by Gasteiger charge is 2.30. The Morgan fingerprint density at radius 1 is 1.19 bits per heavy atom. The molecule has 8 heteroatoms. The van der Waals surface area contributed by atoms with Gasteiger partial charge in [0.05, 0.1) is 4.90 Å². The van der Waals surface area contributed by atoms with E-state index in [0.29, 0.717) is 17.1 Å². The lowest BCUT2D eigenvalue weighted by molar-refractivity contribution is -0.122. The van der Waals surface area contributed by atoms with E-state index in [0.717, 1.165) is 30.5 Å². The molecule has 6 nitrogen and oxygen atoms in total. The number of halogens is 1. The molecular weight excluding hydrogens is 446 g/mol. The SMILES string of the molecule is CC[C@H](C)N(Cc1cc(NC(=O)C2CCC2)ccc1N(C)C)S(=O)(=O)c1cccc(Cl)c1. The minimum absolute atomic E-state index is 0.0325. The van der Waals surface area contributed by atoms with Gasteiger partial charge in [-0.2, -0.15) is 4.31 Å². The minimum atomic E-state index is -3.78. The highest BCUT2D eigenvalue weighted by molar-refractivity contribution is 7.89. The molecule has 2 aromatic rings. The highest BCUT2D eigenvalue weighted by Crippen LogP contribution is 2.31. The van der Waals surface area contributed by atoms with Crippen LogP contribution in [0.15, 0.2) is 47.4 Å². The summed E-state index contributed by atoms with van der Waals surface area (Å²) >= 11 is 6.08. The third kappa shape index (κ3) is 5.45. The summed E-state index contributed by atoms with van der Waals surface area (Å²) in [5, 5.41) is 3.38. The number of nitrogens with zero attached hydrogens (tertiary/aromatic N) is 2. The number of hydrogen-bond acceptors (Lipinski definition) is 4. The van der Waals surface area contributed by atoms with Gasteiger partial charge in [-0.1, -0.05) is 31.0 Å². The Hall–Kier alpha value is -2.09. The van der Waals surface area contributed by atoms with Gasteiger partial charge in [0.1, 0.15) is 0 Å². The Kier molecular flexibility index (Phi) is 7.85. The second kappa shape index (κ2) is 10.2. The Balaban J connectivity index is 1.97. The first-order valence-electron chi connectivity index (χ1n) is 11.0. The standard InChI is InChI=1S/C24H32ClN3O3S/c1-5-17(2)28(32(30,31)22-11-7-10-20(25)15-22)16-19-14-21(12-13-23(19)27(3)4)26-24(29)18-8-6-9-18/h7,10-15,17-18H,5-6,8-9,16H2,1-4H3,(H,26,29)/t17-/m0/s1. The van der Waals surface area contributed by atoms with Gasteiger partial charge in [-0.25, -0.2) is 8.42 Å². The summed E-state index contributed by atoms with van der Waals surface area (Å²) in [4.78, 5) is 14.6. The van der Waals surface area contributed by atoms with Crippen molar-refractivity contribution in [2.24, 2.45) is 5.92 Å². The molecule has 1 saturated carbocycles. The third-order valence-electron chi connectivity index (χ3n) is 6.12. The molecule has 32 heavy (non-hydrogen) atoms. The number of amides is 1. The summed E-state index contributed by atoms with van der Waals surface area (Å²) in [7, 11) is 0.0656. The van der Waals surface area contributed by atoms with Crippen molar-refractivity contribution in [2.45, 2.75) is 57.0 Å². The fourth-order valence-corrected chi connectivity index (χ4v) is 5.74. The zero-order valence-corrected chi connectivity index (χ0v) is 20.7. The summed E-state index contributed by atoms with van der Waals surface area (Å²) in [5.74, 6) is 0.108. The number of hydrogen-bond donors (Lipinski definition) is 1. The van der Waals surface area contributed by atoms with E-state index in [2.05, 4.69) is 5.32 Å². The molecular formula is C24H32ClN3O3S. The molecule has 1 N–H and O–H groups in total. The predicted octanol–water partition coefficient (Wildman–Crippen LogP) is 5.13. The quantitative estimate of drug-likeness (QED) is 0.543. The van der Waals surface area contributed by atoms with Crippen molar-refractivity contribution in [3.05, 3.63) is 53.1 Å². The average Bonchev–Trinajstić information content (AvgIpc) is 2.70. The molecule has 0 unspecified atom stereocenters. The molecule has 0 aliphatic heterocycles. The van der Waals surface area contributed by atoms with Gasteiger partial charge in [0.15, 0.2) is 0 Å². The molecule has 1 amide bonds. The summed E-state index contributed by atoms with van der Waals surface area (Å²) in [6.45, 7) is 4.05. The van der Waals surface area contributed by atoms with Crippen molar-refractivity contribution in [1.82, 2.24) is 4.31 Å². The van der Waals surface area contributed by atoms with Crippen molar-refractivity contribution in [3.63, 3.8) is 0 Å². The van der Waals surface area contributed by atoms with Gasteiger partial charge in [0.2, 0.25) is 15.9 Å². The van der Waals surface area contributed by atoms with Crippen molar-refractivity contribution < 1.29 is 13.2 Å². The molecule has 0 saturated heterocycles. The Bertz CT molecular complexity index is 1070. The van der Waals surface area contributed by atoms with Crippen LogP contribution in [0.1, 0.15) is 45.1 Å². The number of benzene rings is 2. The smallest absolute Gasteiger partial charge is 0.243 e. The summed E-state index contributed by atoms with van der Waals surface area (Å²) in [5.41, 5.74) is 2.42. The monoisotopic (exact) mass is 477 g/mol. The highest BCUT2D eigenvalue weighted by atomic mass is 35.5. The molecule has 0 heterocycles. The number of rotatable bonds is 9. The van der Waals surface area contributed by atoms with Gasteiger partial charge >= 0.3 is 0 Å². The van der Waals surface area contributed by atoms with Crippen molar-refractivity contribution in [1.29, 1.82) is 0 Å². The van der Waals surface area contributed by atoms with Crippen LogP contribution in [0.2, 0.25) is 5.02 Å². The summed E-state index contributed by atoms with van der Waals surface area (Å²) in [6.07, 6.45) is 3.60. The van der Waals surface area contributed by atoms with Gasteiger partial charge in [-0.3, -0.25) is 4.79 Å². The topological polar surface area (TPSA) is 69.7 Å². The fraction of sp³-hybridized carbons (Fsp3) is 0.458. The molecule has 1 aliphatic rings. The summed E-state index contributed by atoms with van der Waals surface area (Å²) < 4.78 is 28.6. The lowest BCUT2D eigenvalue weighted by Gasteiger charge is -2.30. The maximum Gasteiger partial charge on any atom is 0.243 e. The van der Waals surface area contributed by atoms with Gasteiger partial charge < -0.3 is 10.2 Å². The van der Waals surface area contributed by atoms with Crippen LogP contribution < -0.4 is 10.2 Å². The van der Waals surface area contributed by atoms with Crippen LogP contribution in [0.3, 0.4) is 0 Å². The molecule has 174 valence electrons. The van der Waals surface area contributed by atoms with Crippen molar-refractivity contribution in [3.8, 4) is 0 Å². The van der Waals surface area contributed by atoms with E-state index in [-0.39, 0.29) is 29.3 Å². The van der Waals surface area contributed by atoms with E-state index < -0.39 is 10.0 Å². The number of sulfonamides is 1. The minimum Gasteiger partial charge on any atom is -0.377 e.